The minimum Gasteiger partial charge on any atom is -0.399 e. The summed E-state index contributed by atoms with van der Waals surface area (Å²) in [6.45, 7) is 0. The molecule has 4 heteroatoms. The van der Waals surface area contributed by atoms with Crippen molar-refractivity contribution >= 4 is 11.4 Å². The molecule has 0 amide bonds. The molecular weight excluding hydrogens is 354 g/mol. The molecule has 0 unspecified atom stereocenters. The predicted molar refractivity (Wildman–Crippen MR) is 112 cm³/mol. The molecule has 4 aromatic rings. The highest BCUT2D eigenvalue weighted by molar-refractivity contribution is 5.75. The van der Waals surface area contributed by atoms with Crippen LogP contribution in [0.2, 0.25) is 0 Å². The first-order chi connectivity index (χ1) is 13.5. The van der Waals surface area contributed by atoms with Crippen molar-refractivity contribution in [1.82, 2.24) is 0 Å². The minimum absolute atomic E-state index is 0.218. The summed E-state index contributed by atoms with van der Waals surface area (Å²) < 4.78 is 25.3. The molecule has 2 nitrogen and oxygen atoms in total. The van der Waals surface area contributed by atoms with Gasteiger partial charge in [0, 0.05) is 16.9 Å². The van der Waals surface area contributed by atoms with Crippen molar-refractivity contribution in [3.8, 4) is 22.3 Å². The molecule has 140 valence electrons. The molecule has 0 aromatic heterocycles. The van der Waals surface area contributed by atoms with E-state index in [0.29, 0.717) is 5.69 Å². The average molecular weight is 374 g/mol. The van der Waals surface area contributed by atoms with Gasteiger partial charge >= 0.3 is 0 Å². The first-order valence-corrected chi connectivity index (χ1v) is 8.75. The van der Waals surface area contributed by atoms with Crippen molar-refractivity contribution in [2.24, 2.45) is 0 Å². The highest BCUT2D eigenvalue weighted by Gasteiger charge is 2.00. The Hall–Kier alpha value is -3.66. The molecule has 0 fully saturated rings. The van der Waals surface area contributed by atoms with Gasteiger partial charge in [-0.05, 0) is 59.2 Å². The zero-order valence-electron chi connectivity index (χ0n) is 15.1. The SMILES string of the molecule is Nc1ccc(-c2ccc(F)cc2)cc1.Nc1ccccc1-c1ccc(F)cc1. The van der Waals surface area contributed by atoms with Crippen molar-refractivity contribution in [2.75, 3.05) is 11.5 Å². The van der Waals surface area contributed by atoms with Gasteiger partial charge < -0.3 is 11.5 Å². The summed E-state index contributed by atoms with van der Waals surface area (Å²) in [5.41, 5.74) is 16.7. The van der Waals surface area contributed by atoms with Crippen molar-refractivity contribution in [3.63, 3.8) is 0 Å². The molecule has 0 heterocycles. The molecule has 0 aliphatic carbocycles. The largest absolute Gasteiger partial charge is 0.399 e. The quantitative estimate of drug-likeness (QED) is 0.414. The number of para-hydroxylation sites is 1. The van der Waals surface area contributed by atoms with Gasteiger partial charge in [0.25, 0.3) is 0 Å². The van der Waals surface area contributed by atoms with Crippen LogP contribution in [0.25, 0.3) is 22.3 Å². The van der Waals surface area contributed by atoms with Crippen LogP contribution in [-0.2, 0) is 0 Å². The third kappa shape index (κ3) is 4.95. The summed E-state index contributed by atoms with van der Waals surface area (Å²) in [7, 11) is 0. The lowest BCUT2D eigenvalue weighted by molar-refractivity contribution is 0.627. The Morgan fingerprint density at radius 1 is 0.464 bits per heavy atom. The van der Waals surface area contributed by atoms with Crippen LogP contribution >= 0.6 is 0 Å². The Bertz CT molecular complexity index is 982. The topological polar surface area (TPSA) is 52.0 Å². The maximum Gasteiger partial charge on any atom is 0.123 e. The molecule has 4 rings (SSSR count). The zero-order chi connectivity index (χ0) is 19.9. The lowest BCUT2D eigenvalue weighted by Gasteiger charge is -2.04. The van der Waals surface area contributed by atoms with Crippen LogP contribution < -0.4 is 11.5 Å². The summed E-state index contributed by atoms with van der Waals surface area (Å²) in [5, 5.41) is 0. The Morgan fingerprint density at radius 3 is 1.39 bits per heavy atom. The van der Waals surface area contributed by atoms with Gasteiger partial charge in [-0.2, -0.15) is 0 Å². The summed E-state index contributed by atoms with van der Waals surface area (Å²) in [5.74, 6) is -0.451. The van der Waals surface area contributed by atoms with Crippen molar-refractivity contribution < 1.29 is 8.78 Å². The van der Waals surface area contributed by atoms with Gasteiger partial charge in [0.1, 0.15) is 11.6 Å². The molecule has 4 N–H and O–H groups in total. The van der Waals surface area contributed by atoms with Crippen molar-refractivity contribution in [2.45, 2.75) is 0 Å². The van der Waals surface area contributed by atoms with Crippen molar-refractivity contribution in [3.05, 3.63) is 109 Å². The van der Waals surface area contributed by atoms with E-state index >= 15 is 0 Å². The maximum absolute atomic E-state index is 12.7. The minimum atomic E-state index is -0.233. The molecule has 0 aliphatic heterocycles. The summed E-state index contributed by atoms with van der Waals surface area (Å²) in [6.07, 6.45) is 0. The predicted octanol–water partition coefficient (Wildman–Crippen LogP) is 6.15. The van der Waals surface area contributed by atoms with Crippen LogP contribution in [0.1, 0.15) is 0 Å². The zero-order valence-corrected chi connectivity index (χ0v) is 15.1. The van der Waals surface area contributed by atoms with E-state index in [0.717, 1.165) is 27.9 Å². The standard InChI is InChI=1S/2C12H10FN/c13-11-5-1-9(2-6-11)10-3-7-12(14)8-4-10;13-10-7-5-9(6-8-10)11-3-1-2-4-12(11)14/h2*1-8H,14H2. The monoisotopic (exact) mass is 374 g/mol. The van der Waals surface area contributed by atoms with Gasteiger partial charge in [-0.3, -0.25) is 0 Å². The number of rotatable bonds is 2. The fraction of sp³-hybridized carbons (Fsp3) is 0. The molecule has 28 heavy (non-hydrogen) atoms. The van der Waals surface area contributed by atoms with Crippen LogP contribution in [0.3, 0.4) is 0 Å². The first kappa shape index (κ1) is 19.1. The van der Waals surface area contributed by atoms with Gasteiger partial charge in [-0.25, -0.2) is 8.78 Å². The Kier molecular flexibility index (Phi) is 6.02. The van der Waals surface area contributed by atoms with Gasteiger partial charge in [0.05, 0.1) is 0 Å². The molecule has 0 spiro atoms. The Balaban J connectivity index is 0.000000161. The van der Waals surface area contributed by atoms with E-state index in [1.807, 2.05) is 48.5 Å². The fourth-order valence-corrected chi connectivity index (χ4v) is 2.71. The van der Waals surface area contributed by atoms with Crippen LogP contribution in [0, 0.1) is 11.6 Å². The summed E-state index contributed by atoms with van der Waals surface area (Å²) >= 11 is 0. The second-order valence-electron chi connectivity index (χ2n) is 6.22. The number of nitrogen functional groups attached to an aromatic ring is 2. The Morgan fingerprint density at radius 2 is 0.893 bits per heavy atom. The van der Waals surface area contributed by atoms with E-state index < -0.39 is 0 Å². The number of hydrogen-bond donors (Lipinski definition) is 2. The van der Waals surface area contributed by atoms with E-state index in [-0.39, 0.29) is 11.6 Å². The van der Waals surface area contributed by atoms with E-state index in [2.05, 4.69) is 0 Å². The lowest BCUT2D eigenvalue weighted by atomic mass is 10.0. The van der Waals surface area contributed by atoms with Crippen LogP contribution in [0.15, 0.2) is 97.1 Å². The smallest absolute Gasteiger partial charge is 0.123 e. The number of hydrogen-bond acceptors (Lipinski definition) is 2. The highest BCUT2D eigenvalue weighted by atomic mass is 19.1. The van der Waals surface area contributed by atoms with E-state index in [1.165, 1.54) is 24.3 Å². The van der Waals surface area contributed by atoms with Gasteiger partial charge in [0.15, 0.2) is 0 Å². The number of anilines is 2. The number of nitrogens with two attached hydrogens (primary N) is 2. The first-order valence-electron chi connectivity index (χ1n) is 8.75. The maximum atomic E-state index is 12.7. The van der Waals surface area contributed by atoms with E-state index in [9.17, 15) is 8.78 Å². The molecule has 0 saturated carbocycles. The summed E-state index contributed by atoms with van der Waals surface area (Å²) in [4.78, 5) is 0. The third-order valence-corrected chi connectivity index (χ3v) is 4.20. The van der Waals surface area contributed by atoms with E-state index in [1.54, 1.807) is 24.3 Å². The second-order valence-corrected chi connectivity index (χ2v) is 6.22. The molecule has 0 aliphatic rings. The van der Waals surface area contributed by atoms with Gasteiger partial charge in [-0.15, -0.1) is 0 Å². The second kappa shape index (κ2) is 8.82. The molecule has 4 aromatic carbocycles. The molecule has 0 bridgehead atoms. The molecule has 0 saturated heterocycles. The van der Waals surface area contributed by atoms with Gasteiger partial charge in [-0.1, -0.05) is 54.6 Å². The summed E-state index contributed by atoms with van der Waals surface area (Å²) in [6, 6.07) is 27.8. The lowest BCUT2D eigenvalue weighted by Crippen LogP contribution is -1.88. The van der Waals surface area contributed by atoms with E-state index in [4.69, 9.17) is 11.5 Å². The molecule has 0 radical (unpaired) electrons. The molecule has 0 atom stereocenters. The fourth-order valence-electron chi connectivity index (χ4n) is 2.71. The average Bonchev–Trinajstić information content (AvgIpc) is 2.71. The van der Waals surface area contributed by atoms with Crippen molar-refractivity contribution in [1.29, 1.82) is 0 Å². The normalized spacial score (nSPS) is 10.1. The highest BCUT2D eigenvalue weighted by Crippen LogP contribution is 2.25. The van der Waals surface area contributed by atoms with Gasteiger partial charge in [0.2, 0.25) is 0 Å². The number of halogens is 2. The van der Waals surface area contributed by atoms with Crippen LogP contribution in [0.4, 0.5) is 20.2 Å². The van der Waals surface area contributed by atoms with Crippen LogP contribution in [0.5, 0.6) is 0 Å². The van der Waals surface area contributed by atoms with Crippen LogP contribution in [-0.4, -0.2) is 0 Å². The molecular formula is C24H20F2N2. The third-order valence-electron chi connectivity index (χ3n) is 4.20. The Labute approximate surface area is 163 Å². The number of benzene rings is 4.